The zero-order valence-electron chi connectivity index (χ0n) is 15.5. The van der Waals surface area contributed by atoms with Crippen molar-refractivity contribution in [1.29, 1.82) is 0 Å². The lowest BCUT2D eigenvalue weighted by Gasteiger charge is -2.33. The van der Waals surface area contributed by atoms with Gasteiger partial charge in [-0.25, -0.2) is 9.59 Å². The average molecular weight is 447 g/mol. The maximum atomic E-state index is 12.6. The van der Waals surface area contributed by atoms with E-state index in [9.17, 15) is 9.59 Å². The molecule has 1 aliphatic heterocycles. The van der Waals surface area contributed by atoms with Gasteiger partial charge in [-0.15, -0.1) is 0 Å². The third kappa shape index (κ3) is 6.06. The molecule has 6 nitrogen and oxygen atoms in total. The van der Waals surface area contributed by atoms with Crippen LogP contribution in [0.25, 0.3) is 0 Å². The topological polar surface area (TPSA) is 70.7 Å². The fourth-order valence-electron chi connectivity index (χ4n) is 2.73. The molecule has 8 heteroatoms. The molecule has 0 aromatic heterocycles. The Bertz CT molecular complexity index is 691. The summed E-state index contributed by atoms with van der Waals surface area (Å²) in [6.07, 6.45) is 1.17. The summed E-state index contributed by atoms with van der Waals surface area (Å²) in [6, 6.07) is 3.25. The molecule has 144 valence electrons. The van der Waals surface area contributed by atoms with Gasteiger partial charge in [-0.05, 0) is 74.2 Å². The standard InChI is InChI=1S/C18H25BrClN3O3/c1-11-8-13(19)14(20)9-15(11)22-16(24)23-7-5-6-12(10-23)21-17(25)26-18(2,3)4/h8-9,12H,5-7,10H2,1-4H3,(H,21,25)(H,22,24)/t12-/m1/s1. The van der Waals surface area contributed by atoms with E-state index < -0.39 is 11.7 Å². The summed E-state index contributed by atoms with van der Waals surface area (Å²) in [6.45, 7) is 8.44. The summed E-state index contributed by atoms with van der Waals surface area (Å²) in [4.78, 5) is 26.2. The predicted octanol–water partition coefficient (Wildman–Crippen LogP) is 4.93. The molecule has 0 spiro atoms. The molecular formula is C18H25BrClN3O3. The Hall–Kier alpha value is -1.47. The molecule has 1 atom stereocenters. The minimum atomic E-state index is -0.547. The van der Waals surface area contributed by atoms with Crippen molar-refractivity contribution < 1.29 is 14.3 Å². The van der Waals surface area contributed by atoms with E-state index in [4.69, 9.17) is 16.3 Å². The fraction of sp³-hybridized carbons (Fsp3) is 0.556. The summed E-state index contributed by atoms with van der Waals surface area (Å²) < 4.78 is 6.07. The number of urea groups is 1. The van der Waals surface area contributed by atoms with Crippen LogP contribution >= 0.6 is 27.5 Å². The quantitative estimate of drug-likeness (QED) is 0.676. The second-order valence-corrected chi connectivity index (χ2v) is 8.70. The van der Waals surface area contributed by atoms with E-state index in [1.165, 1.54) is 0 Å². The number of rotatable bonds is 2. The van der Waals surface area contributed by atoms with Crippen molar-refractivity contribution in [2.45, 2.75) is 52.2 Å². The van der Waals surface area contributed by atoms with Gasteiger partial charge in [-0.2, -0.15) is 0 Å². The first-order valence-electron chi connectivity index (χ1n) is 8.56. The number of carbonyl (C=O) groups is 2. The van der Waals surface area contributed by atoms with Crippen LogP contribution in [0.5, 0.6) is 0 Å². The molecule has 0 radical (unpaired) electrons. The number of benzene rings is 1. The van der Waals surface area contributed by atoms with Crippen LogP contribution in [0.1, 0.15) is 39.2 Å². The molecule has 2 rings (SSSR count). The molecule has 1 aromatic rings. The first kappa shape index (κ1) is 20.8. The van der Waals surface area contributed by atoms with Gasteiger partial charge in [0.15, 0.2) is 0 Å². The number of nitrogens with zero attached hydrogens (tertiary/aromatic N) is 1. The number of alkyl carbamates (subject to hydrolysis) is 1. The zero-order valence-corrected chi connectivity index (χ0v) is 17.8. The Labute approximate surface area is 167 Å². The van der Waals surface area contributed by atoms with Crippen LogP contribution in [0.4, 0.5) is 15.3 Å². The van der Waals surface area contributed by atoms with E-state index in [0.29, 0.717) is 23.8 Å². The highest BCUT2D eigenvalue weighted by Gasteiger charge is 2.27. The summed E-state index contributed by atoms with van der Waals surface area (Å²) >= 11 is 9.48. The highest BCUT2D eigenvalue weighted by atomic mass is 79.9. The largest absolute Gasteiger partial charge is 0.444 e. The van der Waals surface area contributed by atoms with Crippen LogP contribution in [0.2, 0.25) is 5.02 Å². The number of ether oxygens (including phenoxy) is 1. The van der Waals surface area contributed by atoms with Crippen molar-refractivity contribution in [2.75, 3.05) is 18.4 Å². The normalized spacial score (nSPS) is 17.6. The molecule has 1 aliphatic rings. The van der Waals surface area contributed by atoms with Crippen molar-refractivity contribution in [3.05, 3.63) is 27.2 Å². The highest BCUT2D eigenvalue weighted by molar-refractivity contribution is 9.10. The molecule has 3 amide bonds. The van der Waals surface area contributed by atoms with Crippen LogP contribution < -0.4 is 10.6 Å². The Balaban J connectivity index is 1.95. The fourth-order valence-corrected chi connectivity index (χ4v) is 3.35. The zero-order chi connectivity index (χ0) is 19.5. The van der Waals surface area contributed by atoms with Gasteiger partial charge in [0.25, 0.3) is 0 Å². The molecule has 1 heterocycles. The first-order chi connectivity index (χ1) is 12.0. The van der Waals surface area contributed by atoms with Crippen molar-refractivity contribution in [3.63, 3.8) is 0 Å². The van der Waals surface area contributed by atoms with Gasteiger partial charge in [0.1, 0.15) is 5.60 Å². The van der Waals surface area contributed by atoms with Crippen molar-refractivity contribution in [3.8, 4) is 0 Å². The molecule has 0 aliphatic carbocycles. The first-order valence-corrected chi connectivity index (χ1v) is 9.73. The van der Waals surface area contributed by atoms with Crippen LogP contribution in [0.3, 0.4) is 0 Å². The maximum Gasteiger partial charge on any atom is 0.407 e. The lowest BCUT2D eigenvalue weighted by atomic mass is 10.1. The number of nitrogens with one attached hydrogen (secondary N) is 2. The summed E-state index contributed by atoms with van der Waals surface area (Å²) in [5.41, 5.74) is 1.04. The third-order valence-corrected chi connectivity index (χ3v) is 5.14. The van der Waals surface area contributed by atoms with E-state index in [1.54, 1.807) is 11.0 Å². The Kier molecular flexibility index (Phi) is 6.80. The Morgan fingerprint density at radius 3 is 2.69 bits per heavy atom. The second-order valence-electron chi connectivity index (χ2n) is 7.44. The second kappa shape index (κ2) is 8.48. The van der Waals surface area contributed by atoms with E-state index in [1.807, 2.05) is 33.8 Å². The van der Waals surface area contributed by atoms with Crippen LogP contribution in [-0.2, 0) is 4.74 Å². The van der Waals surface area contributed by atoms with Gasteiger partial charge in [0, 0.05) is 29.3 Å². The lowest BCUT2D eigenvalue weighted by molar-refractivity contribution is 0.0480. The predicted molar refractivity (Wildman–Crippen MR) is 107 cm³/mol. The minimum absolute atomic E-state index is 0.126. The van der Waals surface area contributed by atoms with Gasteiger partial charge in [0.05, 0.1) is 5.02 Å². The SMILES string of the molecule is Cc1cc(Br)c(Cl)cc1NC(=O)N1CCC[C@@H](NC(=O)OC(C)(C)C)C1. The summed E-state index contributed by atoms with van der Waals surface area (Å²) in [5.74, 6) is 0. The number of anilines is 1. The Morgan fingerprint density at radius 1 is 1.35 bits per heavy atom. The number of hydrogen-bond donors (Lipinski definition) is 2. The third-order valence-electron chi connectivity index (χ3n) is 3.94. The maximum absolute atomic E-state index is 12.6. The monoisotopic (exact) mass is 445 g/mol. The molecule has 1 fully saturated rings. The van der Waals surface area contributed by atoms with Crippen molar-refractivity contribution >= 4 is 45.3 Å². The molecule has 0 bridgehead atoms. The van der Waals surface area contributed by atoms with E-state index in [2.05, 4.69) is 26.6 Å². The highest BCUT2D eigenvalue weighted by Crippen LogP contribution is 2.29. The summed E-state index contributed by atoms with van der Waals surface area (Å²) in [7, 11) is 0. The van der Waals surface area contributed by atoms with Crippen LogP contribution in [-0.4, -0.2) is 41.8 Å². The molecule has 2 N–H and O–H groups in total. The van der Waals surface area contributed by atoms with Gasteiger partial charge in [0.2, 0.25) is 0 Å². The smallest absolute Gasteiger partial charge is 0.407 e. The van der Waals surface area contributed by atoms with Crippen LogP contribution in [0, 0.1) is 6.92 Å². The molecule has 0 unspecified atom stereocenters. The lowest BCUT2D eigenvalue weighted by Crippen LogP contribution is -2.51. The van der Waals surface area contributed by atoms with Gasteiger partial charge < -0.3 is 20.3 Å². The van der Waals surface area contributed by atoms with E-state index in [-0.39, 0.29) is 12.1 Å². The number of hydrogen-bond acceptors (Lipinski definition) is 3. The van der Waals surface area contributed by atoms with Crippen molar-refractivity contribution in [2.24, 2.45) is 0 Å². The number of aryl methyl sites for hydroxylation is 1. The van der Waals surface area contributed by atoms with Gasteiger partial charge in [-0.1, -0.05) is 11.6 Å². The molecule has 0 saturated carbocycles. The number of carbonyl (C=O) groups excluding carboxylic acids is 2. The molecule has 1 aromatic carbocycles. The molecular weight excluding hydrogens is 422 g/mol. The molecule has 26 heavy (non-hydrogen) atoms. The van der Waals surface area contributed by atoms with Crippen LogP contribution in [0.15, 0.2) is 16.6 Å². The number of amides is 3. The van der Waals surface area contributed by atoms with Gasteiger partial charge in [-0.3, -0.25) is 0 Å². The number of piperidine rings is 1. The summed E-state index contributed by atoms with van der Waals surface area (Å²) in [5, 5.41) is 6.28. The van der Waals surface area contributed by atoms with Crippen molar-refractivity contribution in [1.82, 2.24) is 10.2 Å². The van der Waals surface area contributed by atoms with E-state index in [0.717, 1.165) is 22.9 Å². The molecule has 1 saturated heterocycles. The number of likely N-dealkylation sites (tertiary alicyclic amines) is 1. The van der Waals surface area contributed by atoms with Gasteiger partial charge >= 0.3 is 12.1 Å². The van der Waals surface area contributed by atoms with E-state index >= 15 is 0 Å². The minimum Gasteiger partial charge on any atom is -0.444 e. The number of halogens is 2. The average Bonchev–Trinajstić information content (AvgIpc) is 2.50. The Morgan fingerprint density at radius 2 is 2.04 bits per heavy atom.